The highest BCUT2D eigenvalue weighted by atomic mass is 16.5. The average molecular weight is 188 g/mol. The van der Waals surface area contributed by atoms with Crippen molar-refractivity contribution in [1.82, 2.24) is 5.43 Å². The van der Waals surface area contributed by atoms with Crippen molar-refractivity contribution in [3.8, 4) is 0 Å². The van der Waals surface area contributed by atoms with Gasteiger partial charge in [0.15, 0.2) is 0 Å². The third-order valence-electron chi connectivity index (χ3n) is 2.74. The second-order valence-corrected chi connectivity index (χ2v) is 3.50. The Morgan fingerprint density at radius 1 is 1.69 bits per heavy atom. The van der Waals surface area contributed by atoms with E-state index in [9.17, 15) is 0 Å². The molecule has 1 aliphatic rings. The highest BCUT2D eigenvalue weighted by Crippen LogP contribution is 2.26. The van der Waals surface area contributed by atoms with E-state index in [-0.39, 0.29) is 6.04 Å². The molecular formula is C9H20N2O2. The number of ether oxygens (including phenoxy) is 2. The minimum Gasteiger partial charge on any atom is -0.383 e. The number of hydrogen-bond acceptors (Lipinski definition) is 4. The smallest absolute Gasteiger partial charge is 0.0633 e. The summed E-state index contributed by atoms with van der Waals surface area (Å²) in [7, 11) is 1.70. The number of nitrogens with one attached hydrogen (secondary N) is 1. The summed E-state index contributed by atoms with van der Waals surface area (Å²) in [5.74, 6) is 5.97. The Hall–Kier alpha value is -0.160. The Labute approximate surface area is 79.7 Å². The first kappa shape index (κ1) is 10.9. The van der Waals surface area contributed by atoms with Gasteiger partial charge in [0, 0.05) is 25.7 Å². The van der Waals surface area contributed by atoms with Crippen LogP contribution in [0, 0.1) is 5.92 Å². The fourth-order valence-corrected chi connectivity index (χ4v) is 2.02. The number of nitrogens with two attached hydrogens (primary N) is 1. The van der Waals surface area contributed by atoms with Crippen LogP contribution in [0.15, 0.2) is 0 Å². The topological polar surface area (TPSA) is 56.5 Å². The summed E-state index contributed by atoms with van der Waals surface area (Å²) < 4.78 is 10.7. The molecule has 1 heterocycles. The van der Waals surface area contributed by atoms with Gasteiger partial charge in [-0.3, -0.25) is 11.3 Å². The lowest BCUT2D eigenvalue weighted by atomic mass is 9.92. The zero-order valence-electron chi connectivity index (χ0n) is 8.45. The van der Waals surface area contributed by atoms with Gasteiger partial charge in [-0.1, -0.05) is 6.92 Å². The molecule has 4 heteroatoms. The Bertz CT molecular complexity index is 144. The van der Waals surface area contributed by atoms with Gasteiger partial charge in [-0.2, -0.15) is 0 Å². The normalized spacial score (nSPS) is 30.7. The van der Waals surface area contributed by atoms with Crippen LogP contribution >= 0.6 is 0 Å². The van der Waals surface area contributed by atoms with E-state index < -0.39 is 0 Å². The van der Waals surface area contributed by atoms with E-state index in [1.54, 1.807) is 7.11 Å². The van der Waals surface area contributed by atoms with Crippen LogP contribution in [0.3, 0.4) is 0 Å². The minimum absolute atomic E-state index is 0.220. The highest BCUT2D eigenvalue weighted by molar-refractivity contribution is 4.84. The first-order chi connectivity index (χ1) is 6.33. The lowest BCUT2D eigenvalue weighted by molar-refractivity contribution is 0.0604. The summed E-state index contributed by atoms with van der Waals surface area (Å²) in [5.41, 5.74) is 2.80. The van der Waals surface area contributed by atoms with Gasteiger partial charge < -0.3 is 9.47 Å². The minimum atomic E-state index is 0.220. The second-order valence-electron chi connectivity index (χ2n) is 3.50. The molecule has 4 nitrogen and oxygen atoms in total. The number of rotatable bonds is 5. The van der Waals surface area contributed by atoms with Gasteiger partial charge in [-0.25, -0.2) is 0 Å². The van der Waals surface area contributed by atoms with Gasteiger partial charge in [-0.15, -0.1) is 0 Å². The molecule has 3 N–H and O–H groups in total. The molecule has 13 heavy (non-hydrogen) atoms. The summed E-state index contributed by atoms with van der Waals surface area (Å²) in [6, 6.07) is 0.220. The summed E-state index contributed by atoms with van der Waals surface area (Å²) in [6.45, 7) is 3.65. The SMILES string of the molecule is CCC1OCCC1C(COC)NN. The fraction of sp³-hybridized carbons (Fsp3) is 1.00. The molecule has 1 rings (SSSR count). The number of methoxy groups -OCH3 is 1. The monoisotopic (exact) mass is 188 g/mol. The van der Waals surface area contributed by atoms with E-state index >= 15 is 0 Å². The quantitative estimate of drug-likeness (QED) is 0.480. The van der Waals surface area contributed by atoms with Crippen LogP contribution in [-0.2, 0) is 9.47 Å². The molecule has 1 aliphatic heterocycles. The largest absolute Gasteiger partial charge is 0.383 e. The molecule has 0 aromatic heterocycles. The van der Waals surface area contributed by atoms with Gasteiger partial charge in [0.2, 0.25) is 0 Å². The van der Waals surface area contributed by atoms with E-state index in [1.165, 1.54) is 0 Å². The van der Waals surface area contributed by atoms with E-state index in [4.69, 9.17) is 15.3 Å². The molecule has 0 aromatic rings. The van der Waals surface area contributed by atoms with Gasteiger partial charge >= 0.3 is 0 Å². The molecular weight excluding hydrogens is 168 g/mol. The molecule has 0 bridgehead atoms. The van der Waals surface area contributed by atoms with Crippen LogP contribution in [-0.4, -0.2) is 32.5 Å². The van der Waals surface area contributed by atoms with Crippen molar-refractivity contribution in [2.75, 3.05) is 20.3 Å². The van der Waals surface area contributed by atoms with Gasteiger partial charge in [0.25, 0.3) is 0 Å². The third-order valence-corrected chi connectivity index (χ3v) is 2.74. The Morgan fingerprint density at radius 2 is 2.46 bits per heavy atom. The van der Waals surface area contributed by atoms with Crippen molar-refractivity contribution < 1.29 is 9.47 Å². The van der Waals surface area contributed by atoms with E-state index in [1.807, 2.05) is 0 Å². The molecule has 0 radical (unpaired) electrons. The molecule has 0 aliphatic carbocycles. The molecule has 78 valence electrons. The van der Waals surface area contributed by atoms with Crippen molar-refractivity contribution >= 4 is 0 Å². The predicted octanol–water partition coefficient (Wildman–Crippen LogP) is 0.280. The zero-order valence-corrected chi connectivity index (χ0v) is 8.45. The maximum absolute atomic E-state index is 5.59. The number of hydrazine groups is 1. The van der Waals surface area contributed by atoms with Gasteiger partial charge in [0.1, 0.15) is 0 Å². The van der Waals surface area contributed by atoms with Crippen LogP contribution in [0.1, 0.15) is 19.8 Å². The molecule has 0 spiro atoms. The van der Waals surface area contributed by atoms with E-state index in [0.717, 1.165) is 19.4 Å². The summed E-state index contributed by atoms with van der Waals surface area (Å²) >= 11 is 0. The van der Waals surface area contributed by atoms with Crippen LogP contribution < -0.4 is 11.3 Å². The second kappa shape index (κ2) is 5.54. The zero-order chi connectivity index (χ0) is 9.68. The van der Waals surface area contributed by atoms with Crippen molar-refractivity contribution in [2.45, 2.75) is 31.9 Å². The molecule has 0 saturated carbocycles. The van der Waals surface area contributed by atoms with Crippen molar-refractivity contribution in [2.24, 2.45) is 11.8 Å². The Morgan fingerprint density at radius 3 is 3.00 bits per heavy atom. The molecule has 1 fully saturated rings. The molecule has 3 atom stereocenters. The Kier molecular flexibility index (Phi) is 4.66. The lowest BCUT2D eigenvalue weighted by Crippen LogP contribution is -2.46. The third kappa shape index (κ3) is 2.64. The predicted molar refractivity (Wildman–Crippen MR) is 51.1 cm³/mol. The Balaban J connectivity index is 2.46. The lowest BCUT2D eigenvalue weighted by Gasteiger charge is -2.25. The maximum atomic E-state index is 5.59. The molecule has 0 aromatic carbocycles. The number of hydrogen-bond donors (Lipinski definition) is 2. The standard InChI is InChI=1S/C9H20N2O2/c1-3-9-7(4-5-13-9)8(11-10)6-12-2/h7-9,11H,3-6,10H2,1-2H3. The van der Waals surface area contributed by atoms with Crippen molar-refractivity contribution in [1.29, 1.82) is 0 Å². The maximum Gasteiger partial charge on any atom is 0.0633 e. The average Bonchev–Trinajstić information content (AvgIpc) is 2.61. The molecule has 0 amide bonds. The van der Waals surface area contributed by atoms with Crippen LogP contribution in [0.25, 0.3) is 0 Å². The molecule has 1 saturated heterocycles. The van der Waals surface area contributed by atoms with Crippen LogP contribution in [0.5, 0.6) is 0 Å². The van der Waals surface area contributed by atoms with Crippen LogP contribution in [0.2, 0.25) is 0 Å². The van der Waals surface area contributed by atoms with Crippen LogP contribution in [0.4, 0.5) is 0 Å². The molecule has 3 unspecified atom stereocenters. The summed E-state index contributed by atoms with van der Waals surface area (Å²) in [5, 5.41) is 0. The first-order valence-electron chi connectivity index (χ1n) is 4.90. The van der Waals surface area contributed by atoms with Gasteiger partial charge in [0.05, 0.1) is 12.7 Å². The van der Waals surface area contributed by atoms with E-state index in [0.29, 0.717) is 18.6 Å². The summed E-state index contributed by atoms with van der Waals surface area (Å²) in [6.07, 6.45) is 2.47. The van der Waals surface area contributed by atoms with E-state index in [2.05, 4.69) is 12.3 Å². The highest BCUT2D eigenvalue weighted by Gasteiger charge is 2.32. The fourth-order valence-electron chi connectivity index (χ4n) is 2.02. The van der Waals surface area contributed by atoms with Gasteiger partial charge in [-0.05, 0) is 12.8 Å². The summed E-state index contributed by atoms with van der Waals surface area (Å²) in [4.78, 5) is 0. The van der Waals surface area contributed by atoms with Crippen molar-refractivity contribution in [3.63, 3.8) is 0 Å². The van der Waals surface area contributed by atoms with Crippen molar-refractivity contribution in [3.05, 3.63) is 0 Å². The first-order valence-corrected chi connectivity index (χ1v) is 4.90.